The molecule has 0 aromatic carbocycles. The molecule has 1 unspecified atom stereocenters. The number of unbranched alkanes of at least 4 members (excludes halogenated alkanes) is 1. The first-order valence-electron chi connectivity index (χ1n) is 4.02. The summed E-state index contributed by atoms with van der Waals surface area (Å²) in [6.45, 7) is 2.20. The predicted octanol–water partition coefficient (Wildman–Crippen LogP) is 2.68. The lowest BCUT2D eigenvalue weighted by molar-refractivity contribution is 0.208. The number of rotatable bonds is 3. The van der Waals surface area contributed by atoms with E-state index in [0.29, 0.717) is 6.10 Å². The van der Waals surface area contributed by atoms with Crippen molar-refractivity contribution >= 4 is 17.3 Å². The highest BCUT2D eigenvalue weighted by Crippen LogP contribution is 2.19. The molecular weight excluding hydrogens is 144 g/mol. The molecule has 0 bridgehead atoms. The quantitative estimate of drug-likeness (QED) is 0.584. The predicted molar refractivity (Wildman–Crippen MR) is 46.2 cm³/mol. The van der Waals surface area contributed by atoms with Gasteiger partial charge in [0.1, 0.15) is 0 Å². The summed E-state index contributed by atoms with van der Waals surface area (Å²) in [7, 11) is 0. The van der Waals surface area contributed by atoms with Crippen molar-refractivity contribution in [2.75, 3.05) is 0 Å². The van der Waals surface area contributed by atoms with Gasteiger partial charge in [-0.2, -0.15) is 0 Å². The van der Waals surface area contributed by atoms with Crippen LogP contribution in [0, 0.1) is 0 Å². The highest BCUT2D eigenvalue weighted by atomic mass is 32.1. The molecule has 0 aromatic heterocycles. The Bertz CT molecular complexity index is 122. The Hall–Kier alpha value is -0.110. The lowest BCUT2D eigenvalue weighted by Gasteiger charge is -2.07. The fourth-order valence-electron chi connectivity index (χ4n) is 1.22. The topological polar surface area (TPSA) is 9.23 Å². The zero-order chi connectivity index (χ0) is 7.40. The minimum absolute atomic E-state index is 0.451. The van der Waals surface area contributed by atoms with Crippen molar-refractivity contribution in [2.24, 2.45) is 0 Å². The molecule has 2 heteroatoms. The van der Waals surface area contributed by atoms with Crippen molar-refractivity contribution in [2.45, 2.75) is 45.1 Å². The van der Waals surface area contributed by atoms with E-state index in [1.807, 2.05) is 0 Å². The van der Waals surface area contributed by atoms with Crippen LogP contribution in [0.5, 0.6) is 0 Å². The molecular formula is C8H14OS. The van der Waals surface area contributed by atoms with E-state index in [-0.39, 0.29) is 0 Å². The van der Waals surface area contributed by atoms with Gasteiger partial charge in [-0.05, 0) is 25.1 Å². The van der Waals surface area contributed by atoms with Gasteiger partial charge in [-0.25, -0.2) is 0 Å². The molecule has 0 aromatic rings. The van der Waals surface area contributed by atoms with Crippen LogP contribution in [0.2, 0.25) is 0 Å². The normalized spacial score (nSPS) is 24.9. The third kappa shape index (κ3) is 2.25. The van der Waals surface area contributed by atoms with Crippen molar-refractivity contribution in [1.82, 2.24) is 0 Å². The van der Waals surface area contributed by atoms with Crippen LogP contribution in [-0.2, 0) is 4.74 Å². The molecule has 1 nitrogen and oxygen atoms in total. The monoisotopic (exact) mass is 158 g/mol. The second-order valence-electron chi connectivity index (χ2n) is 2.79. The Morgan fingerprint density at radius 2 is 2.50 bits per heavy atom. The Balaban J connectivity index is 2.12. The molecule has 0 aliphatic carbocycles. The summed E-state index contributed by atoms with van der Waals surface area (Å²) in [6, 6.07) is 0. The van der Waals surface area contributed by atoms with Crippen LogP contribution in [-0.4, -0.2) is 11.2 Å². The van der Waals surface area contributed by atoms with Crippen molar-refractivity contribution in [3.63, 3.8) is 0 Å². The zero-order valence-corrected chi connectivity index (χ0v) is 7.25. The van der Waals surface area contributed by atoms with E-state index >= 15 is 0 Å². The van der Waals surface area contributed by atoms with Crippen LogP contribution in [0.25, 0.3) is 0 Å². The molecule has 1 heterocycles. The molecule has 0 radical (unpaired) electrons. The van der Waals surface area contributed by atoms with Gasteiger partial charge in [0, 0.05) is 6.42 Å². The SMILES string of the molecule is CCCCC1CCC(=S)O1. The van der Waals surface area contributed by atoms with E-state index in [1.165, 1.54) is 19.3 Å². The van der Waals surface area contributed by atoms with E-state index < -0.39 is 0 Å². The first-order chi connectivity index (χ1) is 4.83. The molecule has 1 aliphatic heterocycles. The van der Waals surface area contributed by atoms with Crippen LogP contribution >= 0.6 is 12.2 Å². The molecule has 1 saturated heterocycles. The number of hydrogen-bond acceptors (Lipinski definition) is 2. The summed E-state index contributed by atoms with van der Waals surface area (Å²) in [6.07, 6.45) is 6.33. The first-order valence-corrected chi connectivity index (χ1v) is 4.43. The number of ether oxygens (including phenoxy) is 1. The molecule has 1 fully saturated rings. The van der Waals surface area contributed by atoms with Crippen molar-refractivity contribution in [3.8, 4) is 0 Å². The Kier molecular flexibility index (Phi) is 3.13. The van der Waals surface area contributed by atoms with E-state index in [4.69, 9.17) is 17.0 Å². The Morgan fingerprint density at radius 1 is 1.70 bits per heavy atom. The highest BCUT2D eigenvalue weighted by Gasteiger charge is 2.18. The molecule has 1 aliphatic rings. The molecule has 0 spiro atoms. The van der Waals surface area contributed by atoms with E-state index in [0.717, 1.165) is 17.9 Å². The van der Waals surface area contributed by atoms with E-state index in [9.17, 15) is 0 Å². The summed E-state index contributed by atoms with van der Waals surface area (Å²) >= 11 is 4.92. The smallest absolute Gasteiger partial charge is 0.160 e. The molecule has 1 rings (SSSR count). The minimum atomic E-state index is 0.451. The summed E-state index contributed by atoms with van der Waals surface area (Å²) < 4.78 is 5.39. The fourth-order valence-corrected chi connectivity index (χ4v) is 1.47. The third-order valence-electron chi connectivity index (χ3n) is 1.85. The summed E-state index contributed by atoms with van der Waals surface area (Å²) in [5.74, 6) is 0. The Morgan fingerprint density at radius 3 is 3.00 bits per heavy atom. The van der Waals surface area contributed by atoms with Crippen molar-refractivity contribution in [1.29, 1.82) is 0 Å². The van der Waals surface area contributed by atoms with Gasteiger partial charge in [0.2, 0.25) is 0 Å². The second-order valence-corrected chi connectivity index (χ2v) is 3.25. The minimum Gasteiger partial charge on any atom is -0.484 e. The van der Waals surface area contributed by atoms with E-state index in [1.54, 1.807) is 0 Å². The van der Waals surface area contributed by atoms with Gasteiger partial charge < -0.3 is 4.74 Å². The molecule has 58 valence electrons. The van der Waals surface area contributed by atoms with Crippen LogP contribution in [0.4, 0.5) is 0 Å². The van der Waals surface area contributed by atoms with Gasteiger partial charge in [-0.1, -0.05) is 19.8 Å². The first kappa shape index (κ1) is 7.99. The van der Waals surface area contributed by atoms with Gasteiger partial charge in [0.05, 0.1) is 6.10 Å². The number of thiocarbonyl (C=S) groups is 1. The maximum Gasteiger partial charge on any atom is 0.160 e. The van der Waals surface area contributed by atoms with Crippen LogP contribution in [0.15, 0.2) is 0 Å². The number of hydrogen-bond donors (Lipinski definition) is 0. The maximum atomic E-state index is 5.39. The molecule has 0 amide bonds. The van der Waals surface area contributed by atoms with Crippen molar-refractivity contribution < 1.29 is 4.74 Å². The standard InChI is InChI=1S/C8H14OS/c1-2-3-4-7-5-6-8(10)9-7/h7H,2-6H2,1H3. The largest absolute Gasteiger partial charge is 0.484 e. The molecule has 10 heavy (non-hydrogen) atoms. The Labute approximate surface area is 67.8 Å². The molecule has 1 atom stereocenters. The van der Waals surface area contributed by atoms with Crippen LogP contribution in [0.1, 0.15) is 39.0 Å². The summed E-state index contributed by atoms with van der Waals surface area (Å²) in [5, 5.41) is 0.820. The van der Waals surface area contributed by atoms with Crippen molar-refractivity contribution in [3.05, 3.63) is 0 Å². The van der Waals surface area contributed by atoms with E-state index in [2.05, 4.69) is 6.92 Å². The second kappa shape index (κ2) is 3.91. The average Bonchev–Trinajstić information content (AvgIpc) is 2.31. The third-order valence-corrected chi connectivity index (χ3v) is 2.15. The van der Waals surface area contributed by atoms with Gasteiger partial charge in [0.15, 0.2) is 5.05 Å². The maximum absolute atomic E-state index is 5.39. The van der Waals surface area contributed by atoms with Crippen LogP contribution < -0.4 is 0 Å². The lowest BCUT2D eigenvalue weighted by atomic mass is 10.1. The molecule has 0 N–H and O–H groups in total. The van der Waals surface area contributed by atoms with Gasteiger partial charge in [-0.3, -0.25) is 0 Å². The zero-order valence-electron chi connectivity index (χ0n) is 6.43. The average molecular weight is 158 g/mol. The highest BCUT2D eigenvalue weighted by molar-refractivity contribution is 7.80. The van der Waals surface area contributed by atoms with Gasteiger partial charge >= 0.3 is 0 Å². The summed E-state index contributed by atoms with van der Waals surface area (Å²) in [5.41, 5.74) is 0. The lowest BCUT2D eigenvalue weighted by Crippen LogP contribution is -2.04. The van der Waals surface area contributed by atoms with Gasteiger partial charge in [0.25, 0.3) is 0 Å². The van der Waals surface area contributed by atoms with Gasteiger partial charge in [-0.15, -0.1) is 0 Å². The molecule has 0 saturated carbocycles. The fraction of sp³-hybridized carbons (Fsp3) is 0.875. The van der Waals surface area contributed by atoms with Crippen LogP contribution in [0.3, 0.4) is 0 Å². The summed E-state index contributed by atoms with van der Waals surface area (Å²) in [4.78, 5) is 0.